The molecule has 1 aliphatic carbocycles. The number of carbonyl (C=O) groups is 2. The highest BCUT2D eigenvalue weighted by atomic mass is 16.6. The van der Waals surface area contributed by atoms with Crippen LogP contribution in [0.4, 0.5) is 0 Å². The number of fused-ring (bicyclic) bond motifs is 2. The van der Waals surface area contributed by atoms with Crippen molar-refractivity contribution in [1.29, 1.82) is 0 Å². The van der Waals surface area contributed by atoms with Gasteiger partial charge in [0.2, 0.25) is 0 Å². The third-order valence-corrected chi connectivity index (χ3v) is 6.12. The summed E-state index contributed by atoms with van der Waals surface area (Å²) in [7, 11) is 2.14. The van der Waals surface area contributed by atoms with E-state index in [-0.39, 0.29) is 36.9 Å². The third-order valence-electron chi connectivity index (χ3n) is 6.12. The Labute approximate surface area is 186 Å². The van der Waals surface area contributed by atoms with Crippen molar-refractivity contribution in [3.63, 3.8) is 0 Å². The fourth-order valence-electron chi connectivity index (χ4n) is 4.53. The van der Waals surface area contributed by atoms with Crippen LogP contribution < -0.4 is 9.47 Å². The van der Waals surface area contributed by atoms with Crippen LogP contribution in [-0.4, -0.2) is 37.0 Å². The minimum Gasteiger partial charge on any atom is -0.422 e. The first-order valence-electron chi connectivity index (χ1n) is 10.9. The molecule has 1 aliphatic heterocycles. The zero-order chi connectivity index (χ0) is 22.7. The number of carbonyl (C=O) groups excluding carboxylic acids is 2. The van der Waals surface area contributed by atoms with Gasteiger partial charge in [-0.1, -0.05) is 36.3 Å². The van der Waals surface area contributed by atoms with Gasteiger partial charge < -0.3 is 9.47 Å². The monoisotopic (exact) mass is 434 g/mol. The van der Waals surface area contributed by atoms with Crippen molar-refractivity contribution in [2.24, 2.45) is 5.11 Å². The molecule has 0 radical (unpaired) electrons. The standard InChI is InChI=1S/C24H26N4O4/c1-3-20(29)31-19-10-9-16-14-18-22-15(11-13-28(18)2)6-4-7-17(22)23(16)24(19)32-21(30)8-5-12-26-27-25/h4,6-7,9-10,18H,3,5,8,11-14H2,1-2H3/t18-/m1/s1. The second-order valence-electron chi connectivity index (χ2n) is 8.12. The average Bonchev–Trinajstić information content (AvgIpc) is 2.80. The van der Waals surface area contributed by atoms with Crippen molar-refractivity contribution in [1.82, 2.24) is 4.90 Å². The van der Waals surface area contributed by atoms with E-state index in [9.17, 15) is 9.59 Å². The molecule has 0 N–H and O–H groups in total. The minimum atomic E-state index is -0.454. The largest absolute Gasteiger partial charge is 0.422 e. The summed E-state index contributed by atoms with van der Waals surface area (Å²) in [4.78, 5) is 29.8. The van der Waals surface area contributed by atoms with Crippen LogP contribution in [0.1, 0.15) is 48.9 Å². The third kappa shape index (κ3) is 4.20. The topological polar surface area (TPSA) is 105 Å². The summed E-state index contributed by atoms with van der Waals surface area (Å²) in [6.07, 6.45) is 2.45. The average molecular weight is 434 g/mol. The van der Waals surface area contributed by atoms with Gasteiger partial charge in [-0.2, -0.15) is 0 Å². The van der Waals surface area contributed by atoms with E-state index in [0.29, 0.717) is 6.42 Å². The molecule has 1 heterocycles. The fraction of sp³-hybridized carbons (Fsp3) is 0.417. The number of ether oxygens (including phenoxy) is 2. The van der Waals surface area contributed by atoms with E-state index in [1.807, 2.05) is 18.2 Å². The molecule has 2 aromatic carbocycles. The van der Waals surface area contributed by atoms with Crippen LogP contribution in [-0.2, 0) is 22.4 Å². The molecule has 0 spiro atoms. The van der Waals surface area contributed by atoms with Gasteiger partial charge in [0, 0.05) is 42.4 Å². The maximum absolute atomic E-state index is 12.6. The number of hydrogen-bond acceptors (Lipinski definition) is 6. The molecule has 0 bridgehead atoms. The van der Waals surface area contributed by atoms with E-state index >= 15 is 0 Å². The van der Waals surface area contributed by atoms with Gasteiger partial charge in [-0.25, -0.2) is 0 Å². The number of nitrogens with zero attached hydrogens (tertiary/aromatic N) is 4. The zero-order valence-electron chi connectivity index (χ0n) is 18.3. The first-order valence-corrected chi connectivity index (χ1v) is 10.9. The van der Waals surface area contributed by atoms with Crippen molar-refractivity contribution in [3.05, 3.63) is 57.5 Å². The summed E-state index contributed by atoms with van der Waals surface area (Å²) in [5.74, 6) is -0.309. The Bertz CT molecular complexity index is 1110. The minimum absolute atomic E-state index is 0.0993. The summed E-state index contributed by atoms with van der Waals surface area (Å²) < 4.78 is 11.4. The molecular formula is C24H26N4O4. The summed E-state index contributed by atoms with van der Waals surface area (Å²) in [5.41, 5.74) is 13.9. The van der Waals surface area contributed by atoms with Gasteiger partial charge in [0.25, 0.3) is 0 Å². The molecule has 2 aliphatic rings. The van der Waals surface area contributed by atoms with Gasteiger partial charge in [-0.15, -0.1) is 0 Å². The fourth-order valence-corrected chi connectivity index (χ4v) is 4.53. The van der Waals surface area contributed by atoms with E-state index < -0.39 is 11.9 Å². The highest BCUT2D eigenvalue weighted by Crippen LogP contribution is 2.50. The lowest BCUT2D eigenvalue weighted by atomic mass is 9.77. The Morgan fingerprint density at radius 1 is 1.19 bits per heavy atom. The molecule has 0 aromatic heterocycles. The molecule has 32 heavy (non-hydrogen) atoms. The SMILES string of the molecule is CCC(=O)Oc1ccc2c(c1OC(=O)CCCN=[N+]=[N-])-c1cccc3c1[C@@H](C2)N(C)CC3. The predicted octanol–water partition coefficient (Wildman–Crippen LogP) is 4.75. The first kappa shape index (κ1) is 21.9. The number of likely N-dealkylation sites (N-methyl/N-ethyl adjacent to an activating group) is 1. The molecule has 8 nitrogen and oxygen atoms in total. The van der Waals surface area contributed by atoms with Crippen LogP contribution in [0.25, 0.3) is 21.6 Å². The molecule has 1 atom stereocenters. The van der Waals surface area contributed by atoms with Crippen LogP contribution in [0.5, 0.6) is 11.5 Å². The quantitative estimate of drug-likeness (QED) is 0.156. The van der Waals surface area contributed by atoms with Crippen LogP contribution in [0.3, 0.4) is 0 Å². The molecule has 0 fully saturated rings. The highest BCUT2D eigenvalue weighted by Gasteiger charge is 2.35. The van der Waals surface area contributed by atoms with Crippen molar-refractivity contribution in [3.8, 4) is 22.6 Å². The van der Waals surface area contributed by atoms with Gasteiger partial charge in [-0.3, -0.25) is 14.5 Å². The van der Waals surface area contributed by atoms with Crippen molar-refractivity contribution >= 4 is 11.9 Å². The molecule has 0 saturated heterocycles. The molecule has 0 amide bonds. The number of esters is 2. The van der Waals surface area contributed by atoms with Crippen molar-refractivity contribution in [2.75, 3.05) is 20.1 Å². The highest BCUT2D eigenvalue weighted by molar-refractivity contribution is 5.87. The second-order valence-corrected chi connectivity index (χ2v) is 8.12. The second kappa shape index (κ2) is 9.42. The summed E-state index contributed by atoms with van der Waals surface area (Å²) in [5, 5.41) is 3.46. The molecule has 0 saturated carbocycles. The van der Waals surface area contributed by atoms with E-state index in [0.717, 1.165) is 36.1 Å². The van der Waals surface area contributed by atoms with Gasteiger partial charge in [0.15, 0.2) is 11.5 Å². The Kier molecular flexibility index (Phi) is 6.44. The van der Waals surface area contributed by atoms with Gasteiger partial charge in [0.05, 0.1) is 0 Å². The lowest BCUT2D eigenvalue weighted by Crippen LogP contribution is -2.35. The van der Waals surface area contributed by atoms with Crippen molar-refractivity contribution < 1.29 is 19.1 Å². The molecule has 0 unspecified atom stereocenters. The molecular weight excluding hydrogens is 408 g/mol. The van der Waals surface area contributed by atoms with E-state index in [1.54, 1.807) is 13.0 Å². The summed E-state index contributed by atoms with van der Waals surface area (Å²) in [6, 6.07) is 10.2. The smallest absolute Gasteiger partial charge is 0.311 e. The van der Waals surface area contributed by atoms with Gasteiger partial charge in [-0.05, 0) is 60.2 Å². The summed E-state index contributed by atoms with van der Waals surface area (Å²) >= 11 is 0. The number of rotatable bonds is 7. The van der Waals surface area contributed by atoms with Crippen LogP contribution in [0, 0.1) is 0 Å². The summed E-state index contributed by atoms with van der Waals surface area (Å²) in [6.45, 7) is 2.93. The maximum atomic E-state index is 12.6. The van der Waals surface area contributed by atoms with Gasteiger partial charge in [0.1, 0.15) is 0 Å². The lowest BCUT2D eigenvalue weighted by Gasteiger charge is -2.40. The normalized spacial score (nSPS) is 16.4. The van der Waals surface area contributed by atoms with Crippen LogP contribution in [0.15, 0.2) is 35.4 Å². The Morgan fingerprint density at radius 2 is 2.03 bits per heavy atom. The van der Waals surface area contributed by atoms with Crippen molar-refractivity contribution in [2.45, 2.75) is 45.1 Å². The molecule has 166 valence electrons. The predicted molar refractivity (Wildman–Crippen MR) is 119 cm³/mol. The number of benzene rings is 2. The van der Waals surface area contributed by atoms with E-state index in [2.05, 4.69) is 28.0 Å². The molecule has 8 heteroatoms. The van der Waals surface area contributed by atoms with E-state index in [4.69, 9.17) is 15.0 Å². The van der Waals surface area contributed by atoms with Gasteiger partial charge >= 0.3 is 11.9 Å². The number of azide groups is 1. The lowest BCUT2D eigenvalue weighted by molar-refractivity contribution is -0.137. The first-order chi connectivity index (χ1) is 15.5. The zero-order valence-corrected chi connectivity index (χ0v) is 18.3. The number of hydrogen-bond donors (Lipinski definition) is 0. The Morgan fingerprint density at radius 3 is 2.81 bits per heavy atom. The Hall–Kier alpha value is -3.35. The Balaban J connectivity index is 1.78. The molecule has 2 aromatic rings. The molecule has 4 rings (SSSR count). The van der Waals surface area contributed by atoms with E-state index in [1.165, 1.54) is 11.1 Å². The maximum Gasteiger partial charge on any atom is 0.311 e. The van der Waals surface area contributed by atoms with Crippen LogP contribution in [0.2, 0.25) is 0 Å². The van der Waals surface area contributed by atoms with Crippen LogP contribution >= 0.6 is 0 Å².